The van der Waals surface area contributed by atoms with E-state index in [1.807, 2.05) is 54.9 Å². The van der Waals surface area contributed by atoms with Gasteiger partial charge < -0.3 is 9.32 Å². The largest absolute Gasteiger partial charge is 0.420 e. The molecule has 7 heteroatoms. The quantitative estimate of drug-likeness (QED) is 0.480. The highest BCUT2D eigenvalue weighted by molar-refractivity contribution is 5.76. The molecular weight excluding hydrogens is 392 g/mol. The molecule has 0 N–H and O–H groups in total. The van der Waals surface area contributed by atoms with Crippen molar-refractivity contribution >= 4 is 17.0 Å². The third-order valence-corrected chi connectivity index (χ3v) is 5.40. The van der Waals surface area contributed by atoms with Crippen LogP contribution in [0.4, 0.5) is 0 Å². The lowest BCUT2D eigenvalue weighted by atomic mass is 10.1. The number of hydrogen-bond acceptors (Lipinski definition) is 5. The number of para-hydroxylation sites is 3. The number of carbonyl (C=O) groups excluding carboxylic acids is 1. The fourth-order valence-corrected chi connectivity index (χ4v) is 3.61. The standard InChI is InChI=1S/C24H24N4O3/c1-16-19(17(2)28(26-16)18-9-5-4-6-10-18)15-27(3)23(29)14-13-21-24(30)31-22-12-8-7-11-20(22)25-21/h4-12H,13-15H2,1-3H3. The molecular formula is C24H24N4O3. The Bertz CT molecular complexity index is 1290. The van der Waals surface area contributed by atoms with E-state index < -0.39 is 5.63 Å². The monoisotopic (exact) mass is 416 g/mol. The Morgan fingerprint density at radius 1 is 1.06 bits per heavy atom. The van der Waals surface area contributed by atoms with Gasteiger partial charge in [0.25, 0.3) is 0 Å². The first-order chi connectivity index (χ1) is 14.9. The van der Waals surface area contributed by atoms with Crippen molar-refractivity contribution < 1.29 is 9.21 Å². The maximum absolute atomic E-state index is 12.7. The number of aromatic nitrogens is 3. The summed E-state index contributed by atoms with van der Waals surface area (Å²) in [5.41, 5.74) is 4.71. The van der Waals surface area contributed by atoms with E-state index in [-0.39, 0.29) is 24.4 Å². The fourth-order valence-electron chi connectivity index (χ4n) is 3.61. The first-order valence-corrected chi connectivity index (χ1v) is 10.2. The van der Waals surface area contributed by atoms with Gasteiger partial charge in [-0.25, -0.2) is 14.5 Å². The third kappa shape index (κ3) is 4.26. The van der Waals surface area contributed by atoms with Gasteiger partial charge in [-0.05, 0) is 38.1 Å². The van der Waals surface area contributed by atoms with Gasteiger partial charge in [0.1, 0.15) is 11.2 Å². The van der Waals surface area contributed by atoms with Crippen LogP contribution in [0, 0.1) is 13.8 Å². The van der Waals surface area contributed by atoms with Gasteiger partial charge in [0.2, 0.25) is 5.91 Å². The molecule has 7 nitrogen and oxygen atoms in total. The van der Waals surface area contributed by atoms with E-state index in [2.05, 4.69) is 10.1 Å². The van der Waals surface area contributed by atoms with Crippen molar-refractivity contribution in [3.63, 3.8) is 0 Å². The second kappa shape index (κ2) is 8.55. The summed E-state index contributed by atoms with van der Waals surface area (Å²) in [6.45, 7) is 4.40. The molecule has 0 bridgehead atoms. The molecule has 0 atom stereocenters. The molecule has 4 aromatic rings. The van der Waals surface area contributed by atoms with Gasteiger partial charge in [-0.3, -0.25) is 4.79 Å². The molecule has 0 aliphatic heterocycles. The van der Waals surface area contributed by atoms with Crippen molar-refractivity contribution in [1.29, 1.82) is 0 Å². The number of nitrogens with zero attached hydrogens (tertiary/aromatic N) is 4. The molecule has 0 saturated heterocycles. The Morgan fingerprint density at radius 3 is 2.55 bits per heavy atom. The van der Waals surface area contributed by atoms with Crippen molar-refractivity contribution in [2.24, 2.45) is 0 Å². The lowest BCUT2D eigenvalue weighted by Crippen LogP contribution is -2.27. The van der Waals surface area contributed by atoms with Crippen LogP contribution in [0.2, 0.25) is 0 Å². The van der Waals surface area contributed by atoms with Gasteiger partial charge in [0.05, 0.1) is 11.4 Å². The van der Waals surface area contributed by atoms with Crippen molar-refractivity contribution in [3.8, 4) is 5.69 Å². The summed E-state index contributed by atoms with van der Waals surface area (Å²) in [4.78, 5) is 30.9. The maximum Gasteiger partial charge on any atom is 0.358 e. The normalized spacial score (nSPS) is 11.1. The van der Waals surface area contributed by atoms with Gasteiger partial charge in [-0.15, -0.1) is 0 Å². The number of rotatable bonds is 6. The number of benzene rings is 2. The van der Waals surface area contributed by atoms with Crippen molar-refractivity contribution in [1.82, 2.24) is 19.7 Å². The zero-order chi connectivity index (χ0) is 22.0. The van der Waals surface area contributed by atoms with Crippen molar-refractivity contribution in [3.05, 3.63) is 87.7 Å². The molecule has 2 heterocycles. The number of aryl methyl sites for hydroxylation is 2. The number of hydrogen-bond donors (Lipinski definition) is 0. The van der Waals surface area contributed by atoms with Crippen LogP contribution in [0.3, 0.4) is 0 Å². The predicted molar refractivity (Wildman–Crippen MR) is 118 cm³/mol. The lowest BCUT2D eigenvalue weighted by Gasteiger charge is -2.17. The van der Waals surface area contributed by atoms with E-state index >= 15 is 0 Å². The van der Waals surface area contributed by atoms with Crippen LogP contribution in [-0.2, 0) is 17.8 Å². The number of fused-ring (bicyclic) bond motifs is 1. The van der Waals surface area contributed by atoms with Crippen LogP contribution in [0.1, 0.15) is 29.1 Å². The van der Waals surface area contributed by atoms with Crippen molar-refractivity contribution in [2.45, 2.75) is 33.2 Å². The highest BCUT2D eigenvalue weighted by Gasteiger charge is 2.18. The summed E-state index contributed by atoms with van der Waals surface area (Å²) < 4.78 is 7.20. The van der Waals surface area contributed by atoms with Crippen LogP contribution < -0.4 is 5.63 Å². The summed E-state index contributed by atoms with van der Waals surface area (Å²) >= 11 is 0. The molecule has 0 aliphatic rings. The molecule has 0 saturated carbocycles. The van der Waals surface area contributed by atoms with E-state index in [1.165, 1.54) is 0 Å². The van der Waals surface area contributed by atoms with Gasteiger partial charge in [-0.1, -0.05) is 30.3 Å². The molecule has 2 aromatic carbocycles. The van der Waals surface area contributed by atoms with E-state index in [1.54, 1.807) is 30.1 Å². The van der Waals surface area contributed by atoms with Crippen LogP contribution in [0.25, 0.3) is 16.8 Å². The molecule has 2 aromatic heterocycles. The lowest BCUT2D eigenvalue weighted by molar-refractivity contribution is -0.130. The average molecular weight is 416 g/mol. The molecule has 0 radical (unpaired) electrons. The van der Waals surface area contributed by atoms with Gasteiger partial charge in [0.15, 0.2) is 5.58 Å². The van der Waals surface area contributed by atoms with Gasteiger partial charge >= 0.3 is 5.63 Å². The highest BCUT2D eigenvalue weighted by Crippen LogP contribution is 2.19. The van der Waals surface area contributed by atoms with E-state index in [4.69, 9.17) is 4.42 Å². The van der Waals surface area contributed by atoms with E-state index in [9.17, 15) is 9.59 Å². The second-order valence-electron chi connectivity index (χ2n) is 7.56. The van der Waals surface area contributed by atoms with Crippen LogP contribution >= 0.6 is 0 Å². The number of amides is 1. The molecule has 0 aliphatic carbocycles. The fraction of sp³-hybridized carbons (Fsp3) is 0.250. The van der Waals surface area contributed by atoms with Gasteiger partial charge in [-0.2, -0.15) is 5.10 Å². The highest BCUT2D eigenvalue weighted by atomic mass is 16.4. The SMILES string of the molecule is Cc1nn(-c2ccccc2)c(C)c1CN(C)C(=O)CCc1nc2ccccc2oc1=O. The first-order valence-electron chi connectivity index (χ1n) is 10.2. The predicted octanol–water partition coefficient (Wildman–Crippen LogP) is 3.58. The Labute approximate surface area is 179 Å². The molecule has 0 unspecified atom stereocenters. The Balaban J connectivity index is 1.46. The van der Waals surface area contributed by atoms with Crippen LogP contribution in [0.15, 0.2) is 63.8 Å². The van der Waals surface area contributed by atoms with E-state index in [0.29, 0.717) is 17.6 Å². The number of carbonyl (C=O) groups is 1. The van der Waals surface area contributed by atoms with Crippen LogP contribution in [-0.4, -0.2) is 32.6 Å². The van der Waals surface area contributed by atoms with E-state index in [0.717, 1.165) is 22.6 Å². The topological polar surface area (TPSA) is 81.2 Å². The summed E-state index contributed by atoms with van der Waals surface area (Å²) in [7, 11) is 1.76. The Kier molecular flexibility index (Phi) is 5.66. The molecule has 1 amide bonds. The first kappa shape index (κ1) is 20.5. The second-order valence-corrected chi connectivity index (χ2v) is 7.56. The minimum absolute atomic E-state index is 0.0689. The summed E-state index contributed by atoms with van der Waals surface area (Å²) in [6.07, 6.45) is 0.412. The molecule has 31 heavy (non-hydrogen) atoms. The smallest absolute Gasteiger partial charge is 0.358 e. The summed E-state index contributed by atoms with van der Waals surface area (Å²) in [5.74, 6) is -0.0689. The van der Waals surface area contributed by atoms with Gasteiger partial charge in [0, 0.05) is 37.7 Å². The average Bonchev–Trinajstić information content (AvgIpc) is 3.06. The molecule has 0 fully saturated rings. The summed E-state index contributed by atoms with van der Waals surface area (Å²) in [6, 6.07) is 17.0. The molecule has 4 rings (SSSR count). The Hall–Kier alpha value is -3.74. The maximum atomic E-state index is 12.7. The minimum atomic E-state index is -0.495. The summed E-state index contributed by atoms with van der Waals surface area (Å²) in [5, 5.41) is 4.64. The molecule has 158 valence electrons. The third-order valence-electron chi connectivity index (χ3n) is 5.40. The molecule has 0 spiro atoms. The zero-order valence-electron chi connectivity index (χ0n) is 17.8. The van der Waals surface area contributed by atoms with Crippen LogP contribution in [0.5, 0.6) is 0 Å². The zero-order valence-corrected chi connectivity index (χ0v) is 17.8. The Morgan fingerprint density at radius 2 is 1.77 bits per heavy atom. The van der Waals surface area contributed by atoms with Crippen molar-refractivity contribution in [2.75, 3.05) is 7.05 Å². The minimum Gasteiger partial charge on any atom is -0.420 e.